The molecule has 2 rings (SSSR count). The van der Waals surface area contributed by atoms with Crippen molar-refractivity contribution in [1.82, 2.24) is 15.2 Å². The highest BCUT2D eigenvalue weighted by Gasteiger charge is 2.37. The molecular formula is C15H25N3O3S. The number of nitrogens with zero attached hydrogens (tertiary/aromatic N) is 2. The Kier molecular flexibility index (Phi) is 5.41. The van der Waals surface area contributed by atoms with Gasteiger partial charge in [-0.1, -0.05) is 0 Å². The lowest BCUT2D eigenvalue weighted by atomic mass is 10.2. The van der Waals surface area contributed by atoms with Crippen LogP contribution in [0.3, 0.4) is 0 Å². The fraction of sp³-hybridized carbons (Fsp3) is 0.733. The van der Waals surface area contributed by atoms with Gasteiger partial charge in [-0.3, -0.25) is 0 Å². The smallest absolute Gasteiger partial charge is 0.410 e. The van der Waals surface area contributed by atoms with E-state index >= 15 is 0 Å². The molecule has 0 aromatic carbocycles. The van der Waals surface area contributed by atoms with Gasteiger partial charge in [0.2, 0.25) is 0 Å². The molecular weight excluding hydrogens is 302 g/mol. The van der Waals surface area contributed by atoms with E-state index in [0.717, 1.165) is 10.7 Å². The van der Waals surface area contributed by atoms with Crippen molar-refractivity contribution < 1.29 is 14.3 Å². The van der Waals surface area contributed by atoms with Gasteiger partial charge in [0, 0.05) is 25.6 Å². The summed E-state index contributed by atoms with van der Waals surface area (Å²) in [6.45, 7) is 9.40. The minimum Gasteiger partial charge on any atom is -0.444 e. The fourth-order valence-corrected chi connectivity index (χ4v) is 3.02. The number of carbonyl (C=O) groups excluding carboxylic acids is 1. The Labute approximate surface area is 135 Å². The number of aryl methyl sites for hydroxylation is 1. The van der Waals surface area contributed by atoms with E-state index in [4.69, 9.17) is 9.47 Å². The number of amides is 1. The summed E-state index contributed by atoms with van der Waals surface area (Å²) in [5.74, 6) is 0. The minimum absolute atomic E-state index is 0.0350. The van der Waals surface area contributed by atoms with Gasteiger partial charge in [0.05, 0.1) is 29.4 Å². The van der Waals surface area contributed by atoms with Crippen molar-refractivity contribution in [3.05, 3.63) is 16.1 Å². The molecule has 1 N–H and O–H groups in total. The number of methoxy groups -OCH3 is 1. The second-order valence-corrected chi connectivity index (χ2v) is 7.57. The molecule has 1 unspecified atom stereocenters. The van der Waals surface area contributed by atoms with Crippen molar-refractivity contribution in [3.63, 3.8) is 0 Å². The Morgan fingerprint density at radius 3 is 2.77 bits per heavy atom. The van der Waals surface area contributed by atoms with Gasteiger partial charge in [0.15, 0.2) is 0 Å². The molecule has 0 saturated carbocycles. The standard InChI is InChI=1S/C15H25N3O3S/c1-10-17-11(9-22-10)6-16-12-7-18(8-13(12)20-5)14(19)21-15(2,3)4/h9,12-13,16H,6-8H2,1-5H3/t12?,13-/m0/s1. The van der Waals surface area contributed by atoms with Crippen molar-refractivity contribution in [2.75, 3.05) is 20.2 Å². The third-order valence-electron chi connectivity index (χ3n) is 3.43. The van der Waals surface area contributed by atoms with Crippen LogP contribution in [0.25, 0.3) is 0 Å². The zero-order chi connectivity index (χ0) is 16.3. The van der Waals surface area contributed by atoms with E-state index in [1.54, 1.807) is 23.3 Å². The van der Waals surface area contributed by atoms with Crippen LogP contribution in [0.4, 0.5) is 4.79 Å². The van der Waals surface area contributed by atoms with Crippen LogP contribution in [0.5, 0.6) is 0 Å². The minimum atomic E-state index is -0.483. The zero-order valence-electron chi connectivity index (χ0n) is 13.9. The molecule has 1 saturated heterocycles. The van der Waals surface area contributed by atoms with Gasteiger partial charge in [-0.15, -0.1) is 11.3 Å². The Hall–Kier alpha value is -1.18. The number of rotatable bonds is 4. The molecule has 1 aliphatic rings. The molecule has 1 amide bonds. The first-order chi connectivity index (χ1) is 10.3. The topological polar surface area (TPSA) is 63.7 Å². The number of hydrogen-bond donors (Lipinski definition) is 1. The summed E-state index contributed by atoms with van der Waals surface area (Å²) in [5.41, 5.74) is 0.539. The van der Waals surface area contributed by atoms with Crippen molar-refractivity contribution in [3.8, 4) is 0 Å². The van der Waals surface area contributed by atoms with E-state index < -0.39 is 5.60 Å². The maximum absolute atomic E-state index is 12.2. The predicted octanol–water partition coefficient (Wildman–Crippen LogP) is 2.18. The lowest BCUT2D eigenvalue weighted by Crippen LogP contribution is -2.40. The number of ether oxygens (including phenoxy) is 2. The third kappa shape index (κ3) is 4.66. The average Bonchev–Trinajstić information content (AvgIpc) is 3.00. The van der Waals surface area contributed by atoms with Crippen LogP contribution in [-0.2, 0) is 16.0 Å². The van der Waals surface area contributed by atoms with E-state index in [1.807, 2.05) is 33.1 Å². The van der Waals surface area contributed by atoms with Gasteiger partial charge in [0.1, 0.15) is 5.60 Å². The highest BCUT2D eigenvalue weighted by atomic mass is 32.1. The van der Waals surface area contributed by atoms with E-state index in [9.17, 15) is 4.79 Å². The van der Waals surface area contributed by atoms with Crippen LogP contribution < -0.4 is 5.32 Å². The van der Waals surface area contributed by atoms with Crippen LogP contribution in [0.2, 0.25) is 0 Å². The summed E-state index contributed by atoms with van der Waals surface area (Å²) in [5, 5.41) is 6.53. The molecule has 2 heterocycles. The van der Waals surface area contributed by atoms with Crippen molar-refractivity contribution in [1.29, 1.82) is 0 Å². The molecule has 2 atom stereocenters. The van der Waals surface area contributed by atoms with Gasteiger partial charge < -0.3 is 19.7 Å². The molecule has 0 aliphatic carbocycles. The summed E-state index contributed by atoms with van der Waals surface area (Å²) in [6.07, 6.45) is -0.324. The number of likely N-dealkylation sites (tertiary alicyclic amines) is 1. The normalized spacial score (nSPS) is 22.1. The monoisotopic (exact) mass is 327 g/mol. The van der Waals surface area contributed by atoms with Crippen molar-refractivity contribution in [2.45, 2.75) is 52.0 Å². The lowest BCUT2D eigenvalue weighted by Gasteiger charge is -2.24. The fourth-order valence-electron chi connectivity index (χ4n) is 2.41. The Bertz CT molecular complexity index is 512. The van der Waals surface area contributed by atoms with Gasteiger partial charge >= 0.3 is 6.09 Å². The molecule has 7 heteroatoms. The molecule has 1 aromatic rings. The van der Waals surface area contributed by atoms with Crippen LogP contribution in [-0.4, -0.2) is 53.9 Å². The van der Waals surface area contributed by atoms with Crippen LogP contribution >= 0.6 is 11.3 Å². The SMILES string of the molecule is CO[C@H]1CN(C(=O)OC(C)(C)C)CC1NCc1csc(C)n1. The quantitative estimate of drug-likeness (QED) is 0.918. The zero-order valence-corrected chi connectivity index (χ0v) is 14.7. The number of nitrogens with one attached hydrogen (secondary N) is 1. The van der Waals surface area contributed by atoms with E-state index in [-0.39, 0.29) is 18.2 Å². The Morgan fingerprint density at radius 2 is 2.23 bits per heavy atom. The molecule has 1 aliphatic heterocycles. The first kappa shape index (κ1) is 17.2. The first-order valence-corrected chi connectivity index (χ1v) is 8.31. The third-order valence-corrected chi connectivity index (χ3v) is 4.25. The summed E-state index contributed by atoms with van der Waals surface area (Å²) in [4.78, 5) is 18.3. The largest absolute Gasteiger partial charge is 0.444 e. The van der Waals surface area contributed by atoms with Crippen LogP contribution in [0, 0.1) is 6.92 Å². The van der Waals surface area contributed by atoms with E-state index in [1.165, 1.54) is 0 Å². The number of thiazole rings is 1. The molecule has 0 bridgehead atoms. The maximum atomic E-state index is 12.2. The summed E-state index contributed by atoms with van der Waals surface area (Å²) >= 11 is 1.64. The van der Waals surface area contributed by atoms with Gasteiger partial charge in [-0.25, -0.2) is 9.78 Å². The molecule has 0 spiro atoms. The summed E-state index contributed by atoms with van der Waals surface area (Å²) in [6, 6.07) is 0.0829. The molecule has 6 nitrogen and oxygen atoms in total. The molecule has 22 heavy (non-hydrogen) atoms. The highest BCUT2D eigenvalue weighted by Crippen LogP contribution is 2.18. The van der Waals surface area contributed by atoms with E-state index in [0.29, 0.717) is 19.6 Å². The first-order valence-electron chi connectivity index (χ1n) is 7.43. The average molecular weight is 327 g/mol. The Morgan fingerprint density at radius 1 is 1.50 bits per heavy atom. The highest BCUT2D eigenvalue weighted by molar-refractivity contribution is 7.09. The number of aromatic nitrogens is 1. The van der Waals surface area contributed by atoms with Gasteiger partial charge in [0.25, 0.3) is 0 Å². The molecule has 1 fully saturated rings. The molecule has 0 radical (unpaired) electrons. The second kappa shape index (κ2) is 6.93. The van der Waals surface area contributed by atoms with Crippen molar-refractivity contribution >= 4 is 17.4 Å². The lowest BCUT2D eigenvalue weighted by molar-refractivity contribution is 0.0252. The number of carbonyl (C=O) groups is 1. The maximum Gasteiger partial charge on any atom is 0.410 e. The van der Waals surface area contributed by atoms with Gasteiger partial charge in [-0.2, -0.15) is 0 Å². The summed E-state index contributed by atoms with van der Waals surface area (Å²) in [7, 11) is 1.67. The van der Waals surface area contributed by atoms with Crippen LogP contribution in [0.15, 0.2) is 5.38 Å². The Balaban J connectivity index is 1.90. The van der Waals surface area contributed by atoms with Crippen LogP contribution in [0.1, 0.15) is 31.5 Å². The van der Waals surface area contributed by atoms with Gasteiger partial charge in [-0.05, 0) is 27.7 Å². The summed E-state index contributed by atoms with van der Waals surface area (Å²) < 4.78 is 10.9. The molecule has 124 valence electrons. The second-order valence-electron chi connectivity index (χ2n) is 6.50. The predicted molar refractivity (Wildman–Crippen MR) is 86.1 cm³/mol. The van der Waals surface area contributed by atoms with E-state index in [2.05, 4.69) is 10.3 Å². The number of hydrogen-bond acceptors (Lipinski definition) is 6. The van der Waals surface area contributed by atoms with Crippen molar-refractivity contribution in [2.24, 2.45) is 0 Å². The molecule has 1 aromatic heterocycles.